The largest absolute Gasteiger partial charge is 0.469 e. The second kappa shape index (κ2) is 5.69. The SMILES string of the molecule is COC(=O)CCNC(=O)c1cncc(N)c1. The number of amides is 1. The number of esters is 1. The van der Waals surface area contributed by atoms with Gasteiger partial charge in [0.2, 0.25) is 0 Å². The molecule has 0 aliphatic heterocycles. The van der Waals surface area contributed by atoms with Crippen molar-refractivity contribution in [1.82, 2.24) is 10.3 Å². The van der Waals surface area contributed by atoms with Gasteiger partial charge >= 0.3 is 5.97 Å². The number of nitrogens with two attached hydrogens (primary N) is 1. The normalized spacial score (nSPS) is 9.56. The molecule has 6 heteroatoms. The molecule has 0 fully saturated rings. The second-order valence-corrected chi connectivity index (χ2v) is 3.09. The van der Waals surface area contributed by atoms with Gasteiger partial charge in [-0.3, -0.25) is 14.6 Å². The number of carbonyl (C=O) groups excluding carboxylic acids is 2. The molecule has 0 atom stereocenters. The molecule has 1 heterocycles. The Labute approximate surface area is 92.8 Å². The smallest absolute Gasteiger partial charge is 0.307 e. The van der Waals surface area contributed by atoms with Gasteiger partial charge in [0.25, 0.3) is 5.91 Å². The van der Waals surface area contributed by atoms with Gasteiger partial charge in [-0.2, -0.15) is 0 Å². The molecule has 0 aliphatic carbocycles. The van der Waals surface area contributed by atoms with E-state index in [9.17, 15) is 9.59 Å². The Kier molecular flexibility index (Phi) is 4.26. The average Bonchev–Trinajstić information content (AvgIpc) is 2.28. The third-order valence-corrected chi connectivity index (χ3v) is 1.86. The van der Waals surface area contributed by atoms with Crippen LogP contribution in [0.1, 0.15) is 16.8 Å². The standard InChI is InChI=1S/C10H13N3O3/c1-16-9(14)2-3-13-10(15)7-4-8(11)6-12-5-7/h4-6H,2-3,11H2,1H3,(H,13,15). The van der Waals surface area contributed by atoms with Gasteiger partial charge in [-0.1, -0.05) is 0 Å². The second-order valence-electron chi connectivity index (χ2n) is 3.09. The third-order valence-electron chi connectivity index (χ3n) is 1.86. The number of hydrogen-bond acceptors (Lipinski definition) is 5. The minimum Gasteiger partial charge on any atom is -0.469 e. The molecule has 1 rings (SSSR count). The van der Waals surface area contributed by atoms with Crippen LogP contribution in [0.15, 0.2) is 18.5 Å². The van der Waals surface area contributed by atoms with Crippen molar-refractivity contribution >= 4 is 17.6 Å². The van der Waals surface area contributed by atoms with E-state index in [1.807, 2.05) is 0 Å². The fourth-order valence-electron chi connectivity index (χ4n) is 1.06. The van der Waals surface area contributed by atoms with E-state index in [4.69, 9.17) is 5.73 Å². The summed E-state index contributed by atoms with van der Waals surface area (Å²) in [5, 5.41) is 2.56. The van der Waals surface area contributed by atoms with Gasteiger partial charge in [-0.25, -0.2) is 0 Å². The maximum Gasteiger partial charge on any atom is 0.307 e. The monoisotopic (exact) mass is 223 g/mol. The van der Waals surface area contributed by atoms with E-state index >= 15 is 0 Å². The number of nitrogens with zero attached hydrogens (tertiary/aromatic N) is 1. The summed E-state index contributed by atoms with van der Waals surface area (Å²) >= 11 is 0. The molecular weight excluding hydrogens is 210 g/mol. The number of hydrogen-bond donors (Lipinski definition) is 2. The molecule has 0 aromatic carbocycles. The average molecular weight is 223 g/mol. The van der Waals surface area contributed by atoms with Crippen LogP contribution in [-0.4, -0.2) is 30.5 Å². The first kappa shape index (κ1) is 12.0. The summed E-state index contributed by atoms with van der Waals surface area (Å²) < 4.78 is 4.43. The first-order valence-electron chi connectivity index (χ1n) is 4.69. The number of pyridine rings is 1. The van der Waals surface area contributed by atoms with Crippen molar-refractivity contribution in [3.05, 3.63) is 24.0 Å². The molecule has 1 aromatic heterocycles. The minimum absolute atomic E-state index is 0.137. The Morgan fingerprint density at radius 3 is 2.88 bits per heavy atom. The van der Waals surface area contributed by atoms with Gasteiger partial charge in [0.15, 0.2) is 0 Å². The molecule has 0 spiro atoms. The number of ether oxygens (including phenoxy) is 1. The number of nitrogen functional groups attached to an aromatic ring is 1. The van der Waals surface area contributed by atoms with Crippen molar-refractivity contribution in [3.63, 3.8) is 0 Å². The van der Waals surface area contributed by atoms with Crippen LogP contribution in [0.3, 0.4) is 0 Å². The first-order valence-corrected chi connectivity index (χ1v) is 4.69. The summed E-state index contributed by atoms with van der Waals surface area (Å²) in [6.07, 6.45) is 2.99. The van der Waals surface area contributed by atoms with E-state index < -0.39 is 0 Å². The highest BCUT2D eigenvalue weighted by molar-refractivity contribution is 5.94. The highest BCUT2D eigenvalue weighted by Gasteiger charge is 2.06. The highest BCUT2D eigenvalue weighted by atomic mass is 16.5. The van der Waals surface area contributed by atoms with Crippen LogP contribution >= 0.6 is 0 Å². The van der Waals surface area contributed by atoms with Crippen molar-refractivity contribution in [2.45, 2.75) is 6.42 Å². The molecule has 0 bridgehead atoms. The lowest BCUT2D eigenvalue weighted by Crippen LogP contribution is -2.26. The number of methoxy groups -OCH3 is 1. The van der Waals surface area contributed by atoms with Gasteiger partial charge in [0, 0.05) is 18.9 Å². The quantitative estimate of drug-likeness (QED) is 0.698. The van der Waals surface area contributed by atoms with E-state index in [0.717, 1.165) is 0 Å². The van der Waals surface area contributed by atoms with Crippen molar-refractivity contribution < 1.29 is 14.3 Å². The number of aromatic nitrogens is 1. The molecule has 0 aliphatic rings. The Morgan fingerprint density at radius 2 is 2.25 bits per heavy atom. The summed E-state index contributed by atoms with van der Waals surface area (Å²) in [4.78, 5) is 26.1. The topological polar surface area (TPSA) is 94.3 Å². The van der Waals surface area contributed by atoms with Crippen LogP contribution in [-0.2, 0) is 9.53 Å². The molecule has 0 unspecified atom stereocenters. The number of anilines is 1. The number of rotatable bonds is 4. The van der Waals surface area contributed by atoms with Gasteiger partial charge in [-0.15, -0.1) is 0 Å². The van der Waals surface area contributed by atoms with Crippen molar-refractivity contribution in [2.24, 2.45) is 0 Å². The van der Waals surface area contributed by atoms with Gasteiger partial charge in [-0.05, 0) is 6.07 Å². The Bertz CT molecular complexity index is 393. The molecule has 86 valence electrons. The van der Waals surface area contributed by atoms with Crippen LogP contribution in [0.2, 0.25) is 0 Å². The zero-order valence-electron chi connectivity index (χ0n) is 8.90. The summed E-state index contributed by atoms with van der Waals surface area (Å²) in [5.41, 5.74) is 6.26. The maximum atomic E-state index is 11.5. The molecule has 1 amide bonds. The lowest BCUT2D eigenvalue weighted by molar-refractivity contribution is -0.140. The molecule has 3 N–H and O–H groups in total. The highest BCUT2D eigenvalue weighted by Crippen LogP contribution is 2.03. The molecule has 0 saturated carbocycles. The fourth-order valence-corrected chi connectivity index (χ4v) is 1.06. The Hall–Kier alpha value is -2.11. The first-order chi connectivity index (χ1) is 7.63. The number of nitrogens with one attached hydrogen (secondary N) is 1. The predicted molar refractivity (Wildman–Crippen MR) is 57.6 cm³/mol. The van der Waals surface area contributed by atoms with E-state index in [2.05, 4.69) is 15.0 Å². The summed E-state index contributed by atoms with van der Waals surface area (Å²) in [6, 6.07) is 1.51. The zero-order chi connectivity index (χ0) is 12.0. The zero-order valence-corrected chi connectivity index (χ0v) is 8.90. The van der Waals surface area contributed by atoms with E-state index in [1.54, 1.807) is 0 Å². The van der Waals surface area contributed by atoms with Crippen LogP contribution in [0, 0.1) is 0 Å². The maximum absolute atomic E-state index is 11.5. The number of carbonyl (C=O) groups is 2. The molecular formula is C10H13N3O3. The molecule has 6 nitrogen and oxygen atoms in total. The Balaban J connectivity index is 2.44. The van der Waals surface area contributed by atoms with Gasteiger partial charge in [0.1, 0.15) is 0 Å². The third kappa shape index (κ3) is 3.56. The molecule has 0 saturated heterocycles. The van der Waals surface area contributed by atoms with Crippen molar-refractivity contribution in [3.8, 4) is 0 Å². The summed E-state index contributed by atoms with van der Waals surface area (Å²) in [7, 11) is 1.30. The van der Waals surface area contributed by atoms with E-state index in [-0.39, 0.29) is 24.8 Å². The van der Waals surface area contributed by atoms with Crippen molar-refractivity contribution in [2.75, 3.05) is 19.4 Å². The van der Waals surface area contributed by atoms with E-state index in [0.29, 0.717) is 11.3 Å². The van der Waals surface area contributed by atoms with Crippen LogP contribution in [0.4, 0.5) is 5.69 Å². The fraction of sp³-hybridized carbons (Fsp3) is 0.300. The van der Waals surface area contributed by atoms with Crippen LogP contribution in [0.25, 0.3) is 0 Å². The molecule has 16 heavy (non-hydrogen) atoms. The Morgan fingerprint density at radius 1 is 1.50 bits per heavy atom. The van der Waals surface area contributed by atoms with Gasteiger partial charge in [0.05, 0.1) is 24.8 Å². The summed E-state index contributed by atoms with van der Waals surface area (Å²) in [6.45, 7) is 0.223. The van der Waals surface area contributed by atoms with Crippen molar-refractivity contribution in [1.29, 1.82) is 0 Å². The predicted octanol–water partition coefficient (Wildman–Crippen LogP) is -0.0433. The van der Waals surface area contributed by atoms with E-state index in [1.165, 1.54) is 25.6 Å². The molecule has 1 aromatic rings. The minimum atomic E-state index is -0.369. The lowest BCUT2D eigenvalue weighted by Gasteiger charge is -2.04. The lowest BCUT2D eigenvalue weighted by atomic mass is 10.2. The van der Waals surface area contributed by atoms with Gasteiger partial charge < -0.3 is 15.8 Å². The van der Waals surface area contributed by atoms with Crippen LogP contribution in [0.5, 0.6) is 0 Å². The van der Waals surface area contributed by atoms with Crippen LogP contribution < -0.4 is 11.1 Å². The summed E-state index contributed by atoms with van der Waals surface area (Å²) in [5.74, 6) is -0.685. The molecule has 0 radical (unpaired) electrons.